The van der Waals surface area contributed by atoms with Crippen LogP contribution in [0.5, 0.6) is 0 Å². The number of halogens is 6. The molecule has 0 saturated carbocycles. The van der Waals surface area contributed by atoms with Crippen LogP contribution in [0.2, 0.25) is 0 Å². The molecule has 1 amide bonds. The number of rotatable bonds is 9. The van der Waals surface area contributed by atoms with Gasteiger partial charge in [-0.15, -0.1) is 0 Å². The van der Waals surface area contributed by atoms with Crippen molar-refractivity contribution in [3.8, 4) is 0 Å². The lowest BCUT2D eigenvalue weighted by atomic mass is 9.82. The minimum atomic E-state index is -5.03. The van der Waals surface area contributed by atoms with E-state index in [9.17, 15) is 35.9 Å². The second kappa shape index (κ2) is 13.8. The number of benzene rings is 3. The molecule has 1 aliphatic rings. The van der Waals surface area contributed by atoms with Crippen LogP contribution < -0.4 is 0 Å². The largest absolute Gasteiger partial charge is 0.463 e. The van der Waals surface area contributed by atoms with E-state index < -0.39 is 47.2 Å². The zero-order chi connectivity index (χ0) is 32.8. The predicted octanol–water partition coefficient (Wildman–Crippen LogP) is 8.23. The predicted molar refractivity (Wildman–Crippen MR) is 152 cm³/mol. The van der Waals surface area contributed by atoms with Crippen molar-refractivity contribution in [3.63, 3.8) is 0 Å². The Hall–Kier alpha value is -4.32. The molecule has 0 aliphatic carbocycles. The number of nitrogens with zero attached hydrogens (tertiary/aromatic N) is 1. The summed E-state index contributed by atoms with van der Waals surface area (Å²) in [5, 5.41) is 0. The summed E-state index contributed by atoms with van der Waals surface area (Å²) in [6, 6.07) is 18.7. The van der Waals surface area contributed by atoms with Crippen LogP contribution in [0.15, 0.2) is 90.5 Å². The molecule has 4 rings (SSSR count). The first-order chi connectivity index (χ1) is 21.2. The Balaban J connectivity index is 1.72. The van der Waals surface area contributed by atoms with E-state index in [1.165, 1.54) is 11.8 Å². The van der Waals surface area contributed by atoms with Gasteiger partial charge in [0.15, 0.2) is 0 Å². The molecule has 6 nitrogen and oxygen atoms in total. The Morgan fingerprint density at radius 1 is 0.867 bits per heavy atom. The van der Waals surface area contributed by atoms with Crippen LogP contribution in [0.4, 0.5) is 31.1 Å². The summed E-state index contributed by atoms with van der Waals surface area (Å²) in [4.78, 5) is 27.7. The average Bonchev–Trinajstić information content (AvgIpc) is 3.02. The smallest absolute Gasteiger partial charge is 0.416 e. The van der Waals surface area contributed by atoms with Gasteiger partial charge in [0, 0.05) is 0 Å². The van der Waals surface area contributed by atoms with Gasteiger partial charge in [0.2, 0.25) is 0 Å². The number of alkyl halides is 6. The van der Waals surface area contributed by atoms with E-state index in [0.29, 0.717) is 23.3 Å². The summed E-state index contributed by atoms with van der Waals surface area (Å²) in [6.07, 6.45) is -10.5. The third-order valence-electron chi connectivity index (χ3n) is 7.46. The van der Waals surface area contributed by atoms with Gasteiger partial charge in [0.1, 0.15) is 6.61 Å². The fourth-order valence-electron chi connectivity index (χ4n) is 5.01. The summed E-state index contributed by atoms with van der Waals surface area (Å²) >= 11 is 0. The Morgan fingerprint density at radius 3 is 2.00 bits per heavy atom. The van der Waals surface area contributed by atoms with Crippen molar-refractivity contribution in [2.75, 3.05) is 19.8 Å². The highest BCUT2D eigenvalue weighted by Crippen LogP contribution is 2.41. The Labute approximate surface area is 256 Å². The monoisotopic (exact) mass is 635 g/mol. The Morgan fingerprint density at radius 2 is 1.44 bits per heavy atom. The number of ether oxygens (including phenoxy) is 3. The molecule has 0 aromatic heterocycles. The van der Waals surface area contributed by atoms with E-state index in [2.05, 4.69) is 0 Å². The van der Waals surface area contributed by atoms with Crippen molar-refractivity contribution < 1.29 is 50.1 Å². The van der Waals surface area contributed by atoms with Crippen molar-refractivity contribution in [1.82, 2.24) is 4.90 Å². The summed E-state index contributed by atoms with van der Waals surface area (Å²) in [5.74, 6) is -0.641. The standard InChI is InChI=1S/C33H31F6NO5/c1-3-43-29(41)24-14-15-31(26-12-8-5-9-13-26,40(19-24)30(42)44-20-23-10-6-4-7-11-23)21-45-22(2)25-16-27(32(34,35)36)18-28(17-25)33(37,38)39/h4-14,16-18,22H,3,15,19-21H2,1-2H3/t22?,31-/m1/s1. The molecule has 0 fully saturated rings. The maximum atomic E-state index is 13.7. The van der Waals surface area contributed by atoms with Crippen molar-refractivity contribution in [1.29, 1.82) is 0 Å². The topological polar surface area (TPSA) is 65.1 Å². The highest BCUT2D eigenvalue weighted by Gasteiger charge is 2.46. The van der Waals surface area contributed by atoms with Gasteiger partial charge in [-0.1, -0.05) is 66.7 Å². The molecule has 45 heavy (non-hydrogen) atoms. The number of hydrogen-bond donors (Lipinski definition) is 0. The highest BCUT2D eigenvalue weighted by molar-refractivity contribution is 5.90. The van der Waals surface area contributed by atoms with Crippen LogP contribution in [0, 0.1) is 0 Å². The fraction of sp³-hybridized carbons (Fsp3) is 0.333. The molecule has 1 heterocycles. The lowest BCUT2D eigenvalue weighted by Crippen LogP contribution is -2.55. The molecule has 0 saturated heterocycles. The fourth-order valence-corrected chi connectivity index (χ4v) is 5.01. The van der Waals surface area contributed by atoms with Crippen molar-refractivity contribution in [2.24, 2.45) is 0 Å². The van der Waals surface area contributed by atoms with Gasteiger partial charge in [-0.25, -0.2) is 9.59 Å². The van der Waals surface area contributed by atoms with Crippen LogP contribution >= 0.6 is 0 Å². The first kappa shape index (κ1) is 33.6. The maximum absolute atomic E-state index is 13.7. The normalized spacial score (nSPS) is 17.8. The number of hydrogen-bond acceptors (Lipinski definition) is 5. The van der Waals surface area contributed by atoms with E-state index in [0.717, 1.165) is 0 Å². The second-order valence-electron chi connectivity index (χ2n) is 10.5. The van der Waals surface area contributed by atoms with Gasteiger partial charge >= 0.3 is 24.4 Å². The number of esters is 1. The Kier molecular flexibility index (Phi) is 10.3. The zero-order valence-corrected chi connectivity index (χ0v) is 24.5. The summed E-state index contributed by atoms with van der Waals surface area (Å²) < 4.78 is 98.0. The number of carbonyl (C=O) groups excluding carboxylic acids is 2. The minimum Gasteiger partial charge on any atom is -0.463 e. The summed E-state index contributed by atoms with van der Waals surface area (Å²) in [7, 11) is 0. The highest BCUT2D eigenvalue weighted by atomic mass is 19.4. The quantitative estimate of drug-likeness (QED) is 0.175. The molecule has 3 aromatic rings. The molecule has 1 unspecified atom stereocenters. The maximum Gasteiger partial charge on any atom is 0.416 e. The third kappa shape index (κ3) is 8.05. The van der Waals surface area contributed by atoms with Gasteiger partial charge in [-0.3, -0.25) is 4.90 Å². The number of carbonyl (C=O) groups is 2. The van der Waals surface area contributed by atoms with Crippen molar-refractivity contribution in [3.05, 3.63) is 118 Å². The van der Waals surface area contributed by atoms with Crippen LogP contribution in [-0.2, 0) is 43.5 Å². The van der Waals surface area contributed by atoms with E-state index in [-0.39, 0.29) is 50.0 Å². The lowest BCUT2D eigenvalue weighted by Gasteiger charge is -2.46. The van der Waals surface area contributed by atoms with Crippen LogP contribution in [-0.4, -0.2) is 36.7 Å². The molecule has 12 heteroatoms. The molecule has 3 aromatic carbocycles. The molecule has 0 bridgehead atoms. The zero-order valence-electron chi connectivity index (χ0n) is 24.5. The first-order valence-electron chi connectivity index (χ1n) is 14.1. The van der Waals surface area contributed by atoms with E-state index in [1.807, 2.05) is 0 Å². The van der Waals surface area contributed by atoms with Crippen LogP contribution in [0.25, 0.3) is 0 Å². The molecule has 1 aliphatic heterocycles. The second-order valence-corrected chi connectivity index (χ2v) is 10.5. The number of amides is 1. The minimum absolute atomic E-state index is 0.00864. The summed E-state index contributed by atoms with van der Waals surface area (Å²) in [6.45, 7) is 2.35. The molecule has 0 N–H and O–H groups in total. The van der Waals surface area contributed by atoms with Gasteiger partial charge in [-0.05, 0) is 55.2 Å². The molecule has 2 atom stereocenters. The van der Waals surface area contributed by atoms with E-state index >= 15 is 0 Å². The third-order valence-corrected chi connectivity index (χ3v) is 7.46. The van der Waals surface area contributed by atoms with E-state index in [1.54, 1.807) is 73.7 Å². The van der Waals surface area contributed by atoms with Gasteiger partial charge in [-0.2, -0.15) is 26.3 Å². The van der Waals surface area contributed by atoms with Crippen LogP contribution in [0.1, 0.15) is 54.2 Å². The van der Waals surface area contributed by atoms with Crippen molar-refractivity contribution >= 4 is 12.1 Å². The molecule has 240 valence electrons. The summed E-state index contributed by atoms with van der Waals surface area (Å²) in [5.41, 5.74) is -3.21. The molecule has 0 radical (unpaired) electrons. The van der Waals surface area contributed by atoms with Gasteiger partial charge in [0.25, 0.3) is 0 Å². The Bertz CT molecular complexity index is 1480. The van der Waals surface area contributed by atoms with E-state index in [4.69, 9.17) is 14.2 Å². The van der Waals surface area contributed by atoms with Gasteiger partial charge in [0.05, 0.1) is 48.1 Å². The molecule has 0 spiro atoms. The average molecular weight is 636 g/mol. The first-order valence-corrected chi connectivity index (χ1v) is 14.1. The van der Waals surface area contributed by atoms with Gasteiger partial charge < -0.3 is 14.2 Å². The SMILES string of the molecule is CCOC(=O)C1=CC[C@@](COC(C)c2cc(C(F)(F)F)cc(C(F)(F)F)c2)(c2ccccc2)N(C(=O)OCc2ccccc2)C1. The molecular formula is C33H31F6NO5. The van der Waals surface area contributed by atoms with Crippen molar-refractivity contribution in [2.45, 2.75) is 50.9 Å². The molecular weight excluding hydrogens is 604 g/mol. The van der Waals surface area contributed by atoms with Crippen LogP contribution in [0.3, 0.4) is 0 Å². The lowest BCUT2D eigenvalue weighted by molar-refractivity contribution is -0.143.